The van der Waals surface area contributed by atoms with Crippen LogP contribution in [0.4, 0.5) is 13.2 Å². The predicted octanol–water partition coefficient (Wildman–Crippen LogP) is 2.65. The summed E-state index contributed by atoms with van der Waals surface area (Å²) in [6.07, 6.45) is -4.70. The molecule has 1 aromatic carbocycles. The first kappa shape index (κ1) is 16.7. The van der Waals surface area contributed by atoms with Gasteiger partial charge in [0.25, 0.3) is 0 Å². The molecule has 10 heteroatoms. The molecule has 1 heterocycles. The van der Waals surface area contributed by atoms with Crippen LogP contribution in [0.2, 0.25) is 0 Å². The lowest BCUT2D eigenvalue weighted by atomic mass is 10.2. The molecule has 0 aliphatic rings. The standard InChI is InChI=1S/C12H11F3N2O3S2/c1-7-6-21-11(17-7)5-16-22(19,20)10-4-8(12(13,14)15)2-3-9(10)18/h2-4,6,16,18H,5H2,1H3. The molecule has 0 saturated heterocycles. The molecule has 5 nitrogen and oxygen atoms in total. The number of thiazole rings is 1. The second-order valence-electron chi connectivity index (χ2n) is 4.39. The number of alkyl halides is 3. The number of aromatic nitrogens is 1. The normalized spacial score (nSPS) is 12.5. The van der Waals surface area contributed by atoms with Crippen LogP contribution in [-0.4, -0.2) is 18.5 Å². The third-order valence-electron chi connectivity index (χ3n) is 2.66. The Bertz CT molecular complexity index is 785. The number of sulfonamides is 1. The summed E-state index contributed by atoms with van der Waals surface area (Å²) >= 11 is 1.22. The summed E-state index contributed by atoms with van der Waals surface area (Å²) < 4.78 is 64.1. The molecule has 0 fully saturated rings. The molecule has 0 spiro atoms. The number of halogens is 3. The van der Waals surface area contributed by atoms with Crippen molar-refractivity contribution in [2.24, 2.45) is 0 Å². The van der Waals surface area contributed by atoms with Crippen molar-refractivity contribution < 1.29 is 26.7 Å². The van der Waals surface area contributed by atoms with E-state index in [4.69, 9.17) is 0 Å². The Hall–Kier alpha value is -1.65. The lowest BCUT2D eigenvalue weighted by molar-refractivity contribution is -0.137. The van der Waals surface area contributed by atoms with E-state index in [9.17, 15) is 26.7 Å². The molecule has 0 saturated carbocycles. The first-order valence-electron chi connectivity index (χ1n) is 5.90. The number of phenols is 1. The maximum Gasteiger partial charge on any atom is 0.416 e. The van der Waals surface area contributed by atoms with Crippen LogP contribution in [0.1, 0.15) is 16.3 Å². The smallest absolute Gasteiger partial charge is 0.416 e. The highest BCUT2D eigenvalue weighted by Crippen LogP contribution is 2.33. The third-order valence-corrected chi connectivity index (χ3v) is 5.05. The average molecular weight is 352 g/mol. The van der Waals surface area contributed by atoms with Gasteiger partial charge in [-0.3, -0.25) is 0 Å². The van der Waals surface area contributed by atoms with E-state index in [1.54, 1.807) is 12.3 Å². The summed E-state index contributed by atoms with van der Waals surface area (Å²) in [4.78, 5) is 3.21. The monoisotopic (exact) mass is 352 g/mol. The highest BCUT2D eigenvalue weighted by Gasteiger charge is 2.33. The van der Waals surface area contributed by atoms with Crippen LogP contribution >= 0.6 is 11.3 Å². The number of phenolic OH excluding ortho intramolecular Hbond substituents is 1. The van der Waals surface area contributed by atoms with Crippen molar-refractivity contribution in [2.75, 3.05) is 0 Å². The van der Waals surface area contributed by atoms with Gasteiger partial charge in [0.1, 0.15) is 15.7 Å². The number of aromatic hydroxyl groups is 1. The molecule has 0 amide bonds. The fourth-order valence-electron chi connectivity index (χ4n) is 1.62. The van der Waals surface area contributed by atoms with Gasteiger partial charge < -0.3 is 5.11 Å². The summed E-state index contributed by atoms with van der Waals surface area (Å²) in [6, 6.07) is 1.70. The van der Waals surface area contributed by atoms with Crippen molar-refractivity contribution in [1.82, 2.24) is 9.71 Å². The molecule has 0 aliphatic carbocycles. The minimum Gasteiger partial charge on any atom is -0.507 e. The molecule has 2 aromatic rings. The van der Waals surface area contributed by atoms with Gasteiger partial charge in [-0.1, -0.05) is 0 Å². The molecule has 0 unspecified atom stereocenters. The summed E-state index contributed by atoms with van der Waals surface area (Å²) in [5.41, 5.74) is -0.447. The second-order valence-corrected chi connectivity index (χ2v) is 7.07. The van der Waals surface area contributed by atoms with Gasteiger partial charge in [-0.15, -0.1) is 11.3 Å². The Balaban J connectivity index is 2.28. The Morgan fingerprint density at radius 2 is 2.05 bits per heavy atom. The van der Waals surface area contributed by atoms with E-state index in [0.29, 0.717) is 28.9 Å². The molecule has 22 heavy (non-hydrogen) atoms. The number of hydrogen-bond acceptors (Lipinski definition) is 5. The molecule has 1 aromatic heterocycles. The van der Waals surface area contributed by atoms with Crippen molar-refractivity contribution in [2.45, 2.75) is 24.5 Å². The molecule has 0 aliphatic heterocycles. The van der Waals surface area contributed by atoms with E-state index < -0.39 is 32.4 Å². The summed E-state index contributed by atoms with van der Waals surface area (Å²) in [5, 5.41) is 11.7. The van der Waals surface area contributed by atoms with Crippen LogP contribution < -0.4 is 4.72 Å². The van der Waals surface area contributed by atoms with Gasteiger partial charge in [0.2, 0.25) is 10.0 Å². The Labute approximate surface area is 128 Å². The predicted molar refractivity (Wildman–Crippen MR) is 74.0 cm³/mol. The van der Waals surface area contributed by atoms with Crippen molar-refractivity contribution in [1.29, 1.82) is 0 Å². The molecular formula is C12H11F3N2O3S2. The van der Waals surface area contributed by atoms with E-state index in [1.165, 1.54) is 11.3 Å². The maximum atomic E-state index is 12.6. The van der Waals surface area contributed by atoms with Crippen LogP contribution in [0.15, 0.2) is 28.5 Å². The van der Waals surface area contributed by atoms with E-state index in [0.717, 1.165) is 0 Å². The van der Waals surface area contributed by atoms with Gasteiger partial charge in [-0.25, -0.2) is 18.1 Å². The quantitative estimate of drug-likeness (QED) is 0.887. The number of hydrogen-bond donors (Lipinski definition) is 2. The van der Waals surface area contributed by atoms with E-state index in [2.05, 4.69) is 9.71 Å². The van der Waals surface area contributed by atoms with Crippen molar-refractivity contribution in [3.05, 3.63) is 39.8 Å². The van der Waals surface area contributed by atoms with Crippen molar-refractivity contribution in [3.8, 4) is 5.75 Å². The number of benzene rings is 1. The molecule has 120 valence electrons. The summed E-state index contributed by atoms with van der Waals surface area (Å²) in [6.45, 7) is 1.56. The molecule has 0 atom stereocenters. The zero-order valence-corrected chi connectivity index (χ0v) is 12.8. The highest BCUT2D eigenvalue weighted by molar-refractivity contribution is 7.89. The zero-order chi connectivity index (χ0) is 16.5. The fourth-order valence-corrected chi connectivity index (χ4v) is 3.53. The maximum absolute atomic E-state index is 12.6. The van der Waals surface area contributed by atoms with Gasteiger partial charge in [-0.2, -0.15) is 13.2 Å². The third kappa shape index (κ3) is 3.76. The minimum absolute atomic E-state index is 0.170. The molecular weight excluding hydrogens is 341 g/mol. The van der Waals surface area contributed by atoms with E-state index in [1.807, 2.05) is 0 Å². The van der Waals surface area contributed by atoms with Crippen LogP contribution in [-0.2, 0) is 22.7 Å². The largest absolute Gasteiger partial charge is 0.507 e. The first-order chi connectivity index (χ1) is 10.1. The van der Waals surface area contributed by atoms with Gasteiger partial charge in [0.05, 0.1) is 12.1 Å². The highest BCUT2D eigenvalue weighted by atomic mass is 32.2. The zero-order valence-electron chi connectivity index (χ0n) is 11.2. The van der Waals surface area contributed by atoms with Crippen molar-refractivity contribution in [3.63, 3.8) is 0 Å². The Morgan fingerprint density at radius 1 is 1.36 bits per heavy atom. The van der Waals surface area contributed by atoms with Crippen molar-refractivity contribution >= 4 is 21.4 Å². The lowest BCUT2D eigenvalue weighted by Gasteiger charge is -2.11. The topological polar surface area (TPSA) is 79.3 Å². The van der Waals surface area contributed by atoms with Gasteiger partial charge >= 0.3 is 6.18 Å². The number of nitrogens with zero attached hydrogens (tertiary/aromatic N) is 1. The first-order valence-corrected chi connectivity index (χ1v) is 8.27. The van der Waals surface area contributed by atoms with Crippen LogP contribution in [0.25, 0.3) is 0 Å². The van der Waals surface area contributed by atoms with Crippen LogP contribution in [0.3, 0.4) is 0 Å². The number of nitrogens with one attached hydrogen (secondary N) is 1. The lowest BCUT2D eigenvalue weighted by Crippen LogP contribution is -2.23. The Morgan fingerprint density at radius 3 is 2.59 bits per heavy atom. The molecule has 2 N–H and O–H groups in total. The SMILES string of the molecule is Cc1csc(CNS(=O)(=O)c2cc(C(F)(F)F)ccc2O)n1. The molecule has 2 rings (SSSR count). The number of rotatable bonds is 4. The fraction of sp³-hybridized carbons (Fsp3) is 0.250. The molecule has 0 bridgehead atoms. The molecule has 0 radical (unpaired) electrons. The second kappa shape index (κ2) is 5.86. The number of aryl methyl sites for hydroxylation is 1. The van der Waals surface area contributed by atoms with Gasteiger partial charge in [0.15, 0.2) is 0 Å². The van der Waals surface area contributed by atoms with Gasteiger partial charge in [-0.05, 0) is 25.1 Å². The van der Waals surface area contributed by atoms with Crippen LogP contribution in [0, 0.1) is 6.92 Å². The minimum atomic E-state index is -4.70. The van der Waals surface area contributed by atoms with E-state index in [-0.39, 0.29) is 6.54 Å². The van der Waals surface area contributed by atoms with Gasteiger partial charge in [0, 0.05) is 11.1 Å². The Kier molecular flexibility index (Phi) is 4.45. The summed E-state index contributed by atoms with van der Waals surface area (Å²) in [7, 11) is -4.30. The summed E-state index contributed by atoms with van der Waals surface area (Å²) in [5.74, 6) is -0.754. The van der Waals surface area contributed by atoms with E-state index >= 15 is 0 Å². The van der Waals surface area contributed by atoms with Crippen LogP contribution in [0.5, 0.6) is 5.75 Å². The average Bonchev–Trinajstić information content (AvgIpc) is 2.81.